The van der Waals surface area contributed by atoms with Crippen LogP contribution in [0, 0.1) is 11.3 Å². The van der Waals surface area contributed by atoms with Crippen molar-refractivity contribution in [3.63, 3.8) is 0 Å². The normalized spacial score (nSPS) is 10.0. The molecule has 0 saturated carbocycles. The average molecular weight is 347 g/mol. The number of nitriles is 1. The summed E-state index contributed by atoms with van der Waals surface area (Å²) in [4.78, 5) is 20.3. The Hall–Kier alpha value is -3.86. The maximum absolute atomic E-state index is 12.1. The van der Waals surface area contributed by atoms with Crippen LogP contribution in [0.25, 0.3) is 11.4 Å². The van der Waals surface area contributed by atoms with E-state index in [1.165, 1.54) is 0 Å². The minimum Gasteiger partial charge on any atom is -0.461 e. The SMILES string of the molecule is CCOC(=O)c1nnc(-c2cccc(C#N)c2)nc1Oc1ccncc1. The minimum atomic E-state index is -0.686. The fraction of sp³-hybridized carbons (Fsp3) is 0.111. The third-order valence-electron chi connectivity index (χ3n) is 3.24. The molecule has 3 aromatic rings. The van der Waals surface area contributed by atoms with Crippen molar-refractivity contribution >= 4 is 5.97 Å². The molecule has 2 aromatic heterocycles. The van der Waals surface area contributed by atoms with Crippen LogP contribution in [0.1, 0.15) is 23.0 Å². The molecule has 0 amide bonds. The summed E-state index contributed by atoms with van der Waals surface area (Å²) in [6.45, 7) is 1.87. The maximum Gasteiger partial charge on any atom is 0.364 e. The summed E-state index contributed by atoms with van der Waals surface area (Å²) in [7, 11) is 0. The van der Waals surface area contributed by atoms with E-state index >= 15 is 0 Å². The third kappa shape index (κ3) is 3.79. The first kappa shape index (κ1) is 17.0. The quantitative estimate of drug-likeness (QED) is 0.648. The summed E-state index contributed by atoms with van der Waals surface area (Å²) in [5.41, 5.74) is 0.896. The lowest BCUT2D eigenvalue weighted by atomic mass is 10.1. The van der Waals surface area contributed by atoms with Crippen LogP contribution in [0.2, 0.25) is 0 Å². The maximum atomic E-state index is 12.1. The van der Waals surface area contributed by atoms with Crippen LogP contribution in [0.5, 0.6) is 11.6 Å². The first-order valence-corrected chi connectivity index (χ1v) is 7.71. The molecule has 128 valence electrons. The molecule has 1 aromatic carbocycles. The fourth-order valence-electron chi connectivity index (χ4n) is 2.08. The molecule has 3 rings (SSSR count). The number of nitrogens with zero attached hydrogens (tertiary/aromatic N) is 5. The van der Waals surface area contributed by atoms with Crippen LogP contribution in [0.15, 0.2) is 48.8 Å². The van der Waals surface area contributed by atoms with E-state index in [1.54, 1.807) is 55.7 Å². The zero-order valence-corrected chi connectivity index (χ0v) is 13.8. The van der Waals surface area contributed by atoms with Crippen molar-refractivity contribution in [1.29, 1.82) is 5.26 Å². The molecule has 0 aliphatic rings. The highest BCUT2D eigenvalue weighted by atomic mass is 16.5. The Morgan fingerprint density at radius 1 is 1.19 bits per heavy atom. The zero-order chi connectivity index (χ0) is 18.4. The molecule has 0 atom stereocenters. The summed E-state index contributed by atoms with van der Waals surface area (Å²) in [6.07, 6.45) is 3.09. The predicted molar refractivity (Wildman–Crippen MR) is 90.2 cm³/mol. The standard InChI is InChI=1S/C18H13N5O3/c1-2-25-18(24)15-17(26-14-6-8-20-9-7-14)21-16(23-22-15)13-5-3-4-12(10-13)11-19/h3-10H,2H2,1H3. The van der Waals surface area contributed by atoms with Crippen molar-refractivity contribution in [2.75, 3.05) is 6.61 Å². The van der Waals surface area contributed by atoms with Crippen molar-refractivity contribution in [3.05, 3.63) is 60.0 Å². The minimum absolute atomic E-state index is 0.0398. The second-order valence-corrected chi connectivity index (χ2v) is 4.99. The van der Waals surface area contributed by atoms with Crippen molar-refractivity contribution < 1.29 is 14.3 Å². The number of rotatable bonds is 5. The lowest BCUT2D eigenvalue weighted by Crippen LogP contribution is -2.12. The van der Waals surface area contributed by atoms with Gasteiger partial charge in [0.25, 0.3) is 5.88 Å². The number of esters is 1. The highest BCUT2D eigenvalue weighted by molar-refractivity contribution is 5.89. The van der Waals surface area contributed by atoms with Crippen LogP contribution in [0.3, 0.4) is 0 Å². The van der Waals surface area contributed by atoms with Crippen LogP contribution in [0.4, 0.5) is 0 Å². The molecule has 0 spiro atoms. The van der Waals surface area contributed by atoms with E-state index in [9.17, 15) is 4.79 Å². The van der Waals surface area contributed by atoms with E-state index in [0.29, 0.717) is 16.9 Å². The van der Waals surface area contributed by atoms with Gasteiger partial charge in [0.05, 0.1) is 18.2 Å². The molecule has 0 aliphatic carbocycles. The van der Waals surface area contributed by atoms with E-state index < -0.39 is 5.97 Å². The number of hydrogen-bond acceptors (Lipinski definition) is 8. The number of pyridine rings is 1. The molecule has 2 heterocycles. The lowest BCUT2D eigenvalue weighted by Gasteiger charge is -2.09. The first-order chi connectivity index (χ1) is 12.7. The van der Waals surface area contributed by atoms with Gasteiger partial charge in [0, 0.05) is 18.0 Å². The molecule has 0 radical (unpaired) electrons. The number of aromatic nitrogens is 4. The van der Waals surface area contributed by atoms with Crippen LogP contribution < -0.4 is 4.74 Å². The topological polar surface area (TPSA) is 111 Å². The Morgan fingerprint density at radius 2 is 2.00 bits per heavy atom. The Morgan fingerprint density at radius 3 is 2.73 bits per heavy atom. The largest absolute Gasteiger partial charge is 0.461 e. The van der Waals surface area contributed by atoms with Crippen molar-refractivity contribution in [2.24, 2.45) is 0 Å². The van der Waals surface area contributed by atoms with Crippen molar-refractivity contribution in [1.82, 2.24) is 20.2 Å². The van der Waals surface area contributed by atoms with Crippen molar-refractivity contribution in [3.8, 4) is 29.1 Å². The number of carbonyl (C=O) groups excluding carboxylic acids is 1. The fourth-order valence-corrected chi connectivity index (χ4v) is 2.08. The molecule has 0 saturated heterocycles. The molecular formula is C18H13N5O3. The molecule has 0 aliphatic heterocycles. The Kier molecular flexibility index (Phi) is 5.10. The van der Waals surface area contributed by atoms with Crippen LogP contribution in [-0.4, -0.2) is 32.7 Å². The van der Waals surface area contributed by atoms with Crippen LogP contribution >= 0.6 is 0 Å². The van der Waals surface area contributed by atoms with Crippen molar-refractivity contribution in [2.45, 2.75) is 6.92 Å². The molecule has 0 unspecified atom stereocenters. The Labute approximate surface area is 149 Å². The molecule has 8 nitrogen and oxygen atoms in total. The Bertz CT molecular complexity index is 970. The Balaban J connectivity index is 2.04. The number of benzene rings is 1. The predicted octanol–water partition coefficient (Wildman–Crippen LogP) is 2.77. The second-order valence-electron chi connectivity index (χ2n) is 4.99. The van der Waals surface area contributed by atoms with Gasteiger partial charge in [-0.1, -0.05) is 12.1 Å². The summed E-state index contributed by atoms with van der Waals surface area (Å²) >= 11 is 0. The van der Waals surface area contributed by atoms with Gasteiger partial charge in [0.1, 0.15) is 5.75 Å². The monoisotopic (exact) mass is 347 g/mol. The average Bonchev–Trinajstić information content (AvgIpc) is 2.69. The van der Waals surface area contributed by atoms with E-state index in [-0.39, 0.29) is 24.0 Å². The van der Waals surface area contributed by atoms with E-state index in [0.717, 1.165) is 0 Å². The summed E-state index contributed by atoms with van der Waals surface area (Å²) in [6, 6.07) is 12.0. The molecule has 8 heteroatoms. The van der Waals surface area contributed by atoms with E-state index in [1.807, 2.05) is 6.07 Å². The number of carbonyl (C=O) groups is 1. The second kappa shape index (κ2) is 7.81. The van der Waals surface area contributed by atoms with Gasteiger partial charge < -0.3 is 9.47 Å². The smallest absolute Gasteiger partial charge is 0.364 e. The van der Waals surface area contributed by atoms with E-state index in [2.05, 4.69) is 20.2 Å². The third-order valence-corrected chi connectivity index (χ3v) is 3.24. The first-order valence-electron chi connectivity index (χ1n) is 7.71. The van der Waals surface area contributed by atoms with Gasteiger partial charge in [-0.05, 0) is 31.2 Å². The molecule has 0 fully saturated rings. The molecule has 0 bridgehead atoms. The highest BCUT2D eigenvalue weighted by Gasteiger charge is 2.21. The molecule has 0 N–H and O–H groups in total. The van der Waals surface area contributed by atoms with Gasteiger partial charge in [0.2, 0.25) is 5.69 Å². The van der Waals surface area contributed by atoms with E-state index in [4.69, 9.17) is 14.7 Å². The summed E-state index contributed by atoms with van der Waals surface area (Å²) in [5.74, 6) is -0.0714. The molecular weight excluding hydrogens is 334 g/mol. The summed E-state index contributed by atoms with van der Waals surface area (Å²) in [5, 5.41) is 16.9. The van der Waals surface area contributed by atoms with Gasteiger partial charge in [-0.2, -0.15) is 10.2 Å². The number of ether oxygens (including phenoxy) is 2. The van der Waals surface area contributed by atoms with Gasteiger partial charge in [-0.15, -0.1) is 10.2 Å². The van der Waals surface area contributed by atoms with Gasteiger partial charge >= 0.3 is 5.97 Å². The highest BCUT2D eigenvalue weighted by Crippen LogP contribution is 2.25. The van der Waals surface area contributed by atoms with Crippen LogP contribution in [-0.2, 0) is 4.74 Å². The zero-order valence-electron chi connectivity index (χ0n) is 13.8. The van der Waals surface area contributed by atoms with Gasteiger partial charge in [-0.25, -0.2) is 4.79 Å². The molecule has 26 heavy (non-hydrogen) atoms. The van der Waals surface area contributed by atoms with Gasteiger partial charge in [-0.3, -0.25) is 4.98 Å². The summed E-state index contributed by atoms with van der Waals surface area (Å²) < 4.78 is 10.6. The van der Waals surface area contributed by atoms with Gasteiger partial charge in [0.15, 0.2) is 5.82 Å². The lowest BCUT2D eigenvalue weighted by molar-refractivity contribution is 0.0514. The number of hydrogen-bond donors (Lipinski definition) is 0.